The van der Waals surface area contributed by atoms with Crippen LogP contribution in [0.2, 0.25) is 0 Å². The lowest BCUT2D eigenvalue weighted by molar-refractivity contribution is 0.101. The number of aromatic nitrogens is 4. The van der Waals surface area contributed by atoms with E-state index >= 15 is 0 Å². The molecule has 1 unspecified atom stereocenters. The molecule has 0 aromatic carbocycles. The average Bonchev–Trinajstić information content (AvgIpc) is 2.90. The van der Waals surface area contributed by atoms with Crippen molar-refractivity contribution in [1.29, 1.82) is 0 Å². The number of fused-ring (bicyclic) bond motifs is 1. The lowest BCUT2D eigenvalue weighted by Gasteiger charge is -2.32. The molecule has 3 rings (SSSR count). The van der Waals surface area contributed by atoms with E-state index < -0.39 is 0 Å². The Labute approximate surface area is 117 Å². The van der Waals surface area contributed by atoms with E-state index in [9.17, 15) is 4.79 Å². The summed E-state index contributed by atoms with van der Waals surface area (Å²) in [7, 11) is 2.04. The van der Waals surface area contributed by atoms with Crippen LogP contribution in [-0.2, 0) is 12.8 Å². The van der Waals surface area contributed by atoms with E-state index in [4.69, 9.17) is 0 Å². The van der Waals surface area contributed by atoms with Crippen molar-refractivity contribution in [3.05, 3.63) is 35.7 Å². The normalized spacial score (nSPS) is 17.6. The molecule has 0 fully saturated rings. The fourth-order valence-electron chi connectivity index (χ4n) is 2.78. The van der Waals surface area contributed by atoms with Crippen LogP contribution >= 0.6 is 0 Å². The first kappa shape index (κ1) is 12.8. The fraction of sp³-hybridized carbons (Fsp3) is 0.429. The van der Waals surface area contributed by atoms with Gasteiger partial charge in [-0.3, -0.25) is 9.89 Å². The van der Waals surface area contributed by atoms with Crippen molar-refractivity contribution in [3.8, 4) is 0 Å². The van der Waals surface area contributed by atoms with Crippen LogP contribution in [0, 0.1) is 0 Å². The molecule has 20 heavy (non-hydrogen) atoms. The molecule has 104 valence electrons. The Bertz CT molecular complexity index is 622. The van der Waals surface area contributed by atoms with Gasteiger partial charge in [-0.1, -0.05) is 0 Å². The first-order chi connectivity index (χ1) is 9.66. The van der Waals surface area contributed by atoms with E-state index in [-0.39, 0.29) is 5.78 Å². The number of anilines is 1. The van der Waals surface area contributed by atoms with Gasteiger partial charge in [-0.05, 0) is 19.3 Å². The average molecular weight is 271 g/mol. The van der Waals surface area contributed by atoms with Gasteiger partial charge in [0, 0.05) is 31.3 Å². The number of H-pyrrole nitrogens is 1. The Morgan fingerprint density at radius 2 is 2.15 bits per heavy atom. The summed E-state index contributed by atoms with van der Waals surface area (Å²) in [4.78, 5) is 21.9. The zero-order valence-corrected chi connectivity index (χ0v) is 11.6. The van der Waals surface area contributed by atoms with Crippen LogP contribution in [-0.4, -0.2) is 39.0 Å². The standard InChI is InChI=1S/C14H17N5O/c1-9(20)14-12-5-10(3-4-13(12)17-18-14)19(2)11-6-15-8-16-7-11/h6-8,10H,3-5H2,1-2H3,(H,17,18). The summed E-state index contributed by atoms with van der Waals surface area (Å²) in [5, 5.41) is 7.14. The summed E-state index contributed by atoms with van der Waals surface area (Å²) in [6.45, 7) is 1.56. The molecule has 6 nitrogen and oxygen atoms in total. The molecule has 1 N–H and O–H groups in total. The zero-order valence-electron chi connectivity index (χ0n) is 11.6. The Morgan fingerprint density at radius 1 is 1.40 bits per heavy atom. The molecule has 0 amide bonds. The molecule has 2 aromatic heterocycles. The number of carbonyl (C=O) groups excluding carboxylic acids is 1. The lowest BCUT2D eigenvalue weighted by Crippen LogP contribution is -2.36. The van der Waals surface area contributed by atoms with Crippen molar-refractivity contribution < 1.29 is 4.79 Å². The van der Waals surface area contributed by atoms with E-state index in [1.807, 2.05) is 19.4 Å². The summed E-state index contributed by atoms with van der Waals surface area (Å²) in [5.41, 5.74) is 3.75. The molecular formula is C14H17N5O. The molecular weight excluding hydrogens is 254 g/mol. The zero-order chi connectivity index (χ0) is 14.1. The quantitative estimate of drug-likeness (QED) is 0.854. The smallest absolute Gasteiger partial charge is 0.180 e. The van der Waals surface area contributed by atoms with E-state index in [0.29, 0.717) is 11.7 Å². The number of nitrogens with one attached hydrogen (secondary N) is 1. The monoisotopic (exact) mass is 271 g/mol. The van der Waals surface area contributed by atoms with Gasteiger partial charge in [0.1, 0.15) is 12.0 Å². The molecule has 1 aliphatic carbocycles. The van der Waals surface area contributed by atoms with Crippen LogP contribution in [0.1, 0.15) is 35.1 Å². The molecule has 0 bridgehead atoms. The van der Waals surface area contributed by atoms with Crippen LogP contribution < -0.4 is 4.90 Å². The Kier molecular flexibility index (Phi) is 3.22. The summed E-state index contributed by atoms with van der Waals surface area (Å²) in [5.74, 6) is 0.0221. The Balaban J connectivity index is 1.85. The lowest BCUT2D eigenvalue weighted by atomic mass is 9.90. The summed E-state index contributed by atoms with van der Waals surface area (Å²) in [6, 6.07) is 0.337. The second-order valence-corrected chi connectivity index (χ2v) is 5.19. The highest BCUT2D eigenvalue weighted by Gasteiger charge is 2.27. The maximum atomic E-state index is 11.6. The van der Waals surface area contributed by atoms with Crippen LogP contribution in [0.4, 0.5) is 5.69 Å². The highest BCUT2D eigenvalue weighted by molar-refractivity contribution is 5.93. The van der Waals surface area contributed by atoms with Gasteiger partial charge < -0.3 is 4.90 Å². The minimum Gasteiger partial charge on any atom is -0.369 e. The van der Waals surface area contributed by atoms with Crippen molar-refractivity contribution in [3.63, 3.8) is 0 Å². The van der Waals surface area contributed by atoms with Crippen LogP contribution in [0.25, 0.3) is 0 Å². The number of ketones is 1. The van der Waals surface area contributed by atoms with Gasteiger partial charge in [0.05, 0.1) is 18.1 Å². The van der Waals surface area contributed by atoms with E-state index in [1.165, 1.54) is 6.33 Å². The maximum absolute atomic E-state index is 11.6. The SMILES string of the molecule is CC(=O)c1n[nH]c2c1CC(N(C)c1cncnc1)CC2. The number of Topliss-reactive ketones (excluding diaryl/α,β-unsaturated/α-hetero) is 1. The van der Waals surface area contributed by atoms with E-state index in [0.717, 1.165) is 36.2 Å². The van der Waals surface area contributed by atoms with Gasteiger partial charge in [-0.2, -0.15) is 5.10 Å². The van der Waals surface area contributed by atoms with E-state index in [2.05, 4.69) is 25.1 Å². The number of nitrogens with zero attached hydrogens (tertiary/aromatic N) is 4. The van der Waals surface area contributed by atoms with Gasteiger partial charge in [0.25, 0.3) is 0 Å². The number of aromatic amines is 1. The van der Waals surface area contributed by atoms with Crippen LogP contribution in [0.5, 0.6) is 0 Å². The highest BCUT2D eigenvalue weighted by atomic mass is 16.1. The molecule has 0 spiro atoms. The largest absolute Gasteiger partial charge is 0.369 e. The van der Waals surface area contributed by atoms with Gasteiger partial charge in [0.15, 0.2) is 5.78 Å². The van der Waals surface area contributed by atoms with Crippen molar-refractivity contribution >= 4 is 11.5 Å². The molecule has 0 radical (unpaired) electrons. The predicted molar refractivity (Wildman–Crippen MR) is 74.8 cm³/mol. The van der Waals surface area contributed by atoms with Crippen LogP contribution in [0.15, 0.2) is 18.7 Å². The fourth-order valence-corrected chi connectivity index (χ4v) is 2.78. The topological polar surface area (TPSA) is 74.8 Å². The predicted octanol–water partition coefficient (Wildman–Crippen LogP) is 1.40. The summed E-state index contributed by atoms with van der Waals surface area (Å²) in [6.07, 6.45) is 7.91. The van der Waals surface area contributed by atoms with Crippen molar-refractivity contribution in [2.24, 2.45) is 0 Å². The minimum absolute atomic E-state index is 0.0221. The number of carbonyl (C=O) groups is 1. The number of aryl methyl sites for hydroxylation is 1. The molecule has 0 saturated carbocycles. The van der Waals surface area contributed by atoms with Crippen molar-refractivity contribution in [2.75, 3.05) is 11.9 Å². The van der Waals surface area contributed by atoms with Gasteiger partial charge >= 0.3 is 0 Å². The third kappa shape index (κ3) is 2.17. The molecule has 2 heterocycles. The number of likely N-dealkylation sites (N-methyl/N-ethyl adjacent to an activating group) is 1. The maximum Gasteiger partial charge on any atom is 0.180 e. The van der Waals surface area contributed by atoms with Crippen molar-refractivity contribution in [2.45, 2.75) is 32.2 Å². The number of hydrogen-bond acceptors (Lipinski definition) is 5. The number of hydrogen-bond donors (Lipinski definition) is 1. The Hall–Kier alpha value is -2.24. The molecule has 6 heteroatoms. The molecule has 0 saturated heterocycles. The van der Waals surface area contributed by atoms with Crippen LogP contribution in [0.3, 0.4) is 0 Å². The Morgan fingerprint density at radius 3 is 2.85 bits per heavy atom. The number of rotatable bonds is 3. The molecule has 0 aliphatic heterocycles. The highest BCUT2D eigenvalue weighted by Crippen LogP contribution is 2.27. The minimum atomic E-state index is 0.0221. The molecule has 2 aromatic rings. The first-order valence-corrected chi connectivity index (χ1v) is 6.71. The summed E-state index contributed by atoms with van der Waals surface area (Å²) < 4.78 is 0. The van der Waals surface area contributed by atoms with Gasteiger partial charge in [-0.25, -0.2) is 9.97 Å². The van der Waals surface area contributed by atoms with Crippen molar-refractivity contribution in [1.82, 2.24) is 20.2 Å². The van der Waals surface area contributed by atoms with E-state index in [1.54, 1.807) is 6.92 Å². The molecule has 1 aliphatic rings. The van der Waals surface area contributed by atoms with Gasteiger partial charge in [0.2, 0.25) is 0 Å². The second kappa shape index (κ2) is 5.03. The second-order valence-electron chi connectivity index (χ2n) is 5.19. The third-order valence-corrected chi connectivity index (χ3v) is 3.96. The summed E-state index contributed by atoms with van der Waals surface area (Å²) >= 11 is 0. The third-order valence-electron chi connectivity index (χ3n) is 3.96. The van der Waals surface area contributed by atoms with Gasteiger partial charge in [-0.15, -0.1) is 0 Å². The molecule has 1 atom stereocenters. The first-order valence-electron chi connectivity index (χ1n) is 6.71.